The molecule has 5 nitrogen and oxygen atoms in total. The van der Waals surface area contributed by atoms with Gasteiger partial charge in [-0.3, -0.25) is 4.21 Å². The summed E-state index contributed by atoms with van der Waals surface area (Å²) >= 11 is -2.50. The van der Waals surface area contributed by atoms with Gasteiger partial charge in [0.1, 0.15) is 5.70 Å². The van der Waals surface area contributed by atoms with Crippen molar-refractivity contribution in [1.29, 1.82) is 0 Å². The summed E-state index contributed by atoms with van der Waals surface area (Å²) in [5, 5.41) is 0. The molecule has 1 unspecified atom stereocenters. The Bertz CT molecular complexity index is 232. The van der Waals surface area contributed by atoms with Crippen LogP contribution in [0.1, 0.15) is 13.8 Å². The zero-order valence-electron chi connectivity index (χ0n) is 7.04. The molecule has 0 amide bonds. The highest BCUT2D eigenvalue weighted by Gasteiger charge is 2.10. The first-order valence-corrected chi connectivity index (χ1v) is 4.18. The molecule has 0 radical (unpaired) electrons. The Morgan fingerprint density at radius 3 is 2.25 bits per heavy atom. The van der Waals surface area contributed by atoms with E-state index >= 15 is 0 Å². The molecule has 0 saturated heterocycles. The zero-order chi connectivity index (χ0) is 9.72. The summed E-state index contributed by atoms with van der Waals surface area (Å²) in [6.07, 6.45) is 0. The van der Waals surface area contributed by atoms with Gasteiger partial charge in [0.25, 0.3) is 0 Å². The highest BCUT2D eigenvalue weighted by atomic mass is 32.2. The number of ether oxygens (including phenoxy) is 1. The van der Waals surface area contributed by atoms with Crippen LogP contribution in [0.15, 0.2) is 11.3 Å². The molecular weight excluding hydrogens is 182 g/mol. The van der Waals surface area contributed by atoms with Crippen molar-refractivity contribution in [1.82, 2.24) is 4.72 Å². The van der Waals surface area contributed by atoms with Gasteiger partial charge in [-0.25, -0.2) is 4.79 Å². The lowest BCUT2D eigenvalue weighted by atomic mass is 10.3. The third-order valence-electron chi connectivity index (χ3n) is 1.07. The second kappa shape index (κ2) is 4.89. The molecule has 0 aliphatic carbocycles. The summed E-state index contributed by atoms with van der Waals surface area (Å²) in [5.74, 6) is -0.695. The topological polar surface area (TPSA) is 78.5 Å². The standard InChI is InChI=1S/C6H11NO4S/c1-4(2)5(6(8)11-3)7-12(9)10/h7H,1-3H3,(H,9,10)/p-1. The number of allylic oxidation sites excluding steroid dienone is 1. The van der Waals surface area contributed by atoms with E-state index < -0.39 is 17.2 Å². The van der Waals surface area contributed by atoms with Gasteiger partial charge in [0, 0.05) is 11.3 Å². The summed E-state index contributed by atoms with van der Waals surface area (Å²) in [5.41, 5.74) is 0.497. The quantitative estimate of drug-likeness (QED) is 0.383. The van der Waals surface area contributed by atoms with Crippen LogP contribution in [0.3, 0.4) is 0 Å². The van der Waals surface area contributed by atoms with Gasteiger partial charge in [0.2, 0.25) is 0 Å². The molecule has 0 aromatic carbocycles. The minimum Gasteiger partial charge on any atom is -0.755 e. The van der Waals surface area contributed by atoms with E-state index in [0.29, 0.717) is 5.57 Å². The van der Waals surface area contributed by atoms with Crippen LogP contribution in [0, 0.1) is 0 Å². The summed E-state index contributed by atoms with van der Waals surface area (Å²) in [4.78, 5) is 10.9. The van der Waals surface area contributed by atoms with Gasteiger partial charge in [-0.2, -0.15) is 0 Å². The molecule has 70 valence electrons. The van der Waals surface area contributed by atoms with E-state index in [1.165, 1.54) is 7.11 Å². The van der Waals surface area contributed by atoms with Crippen LogP contribution in [-0.4, -0.2) is 21.8 Å². The second-order valence-electron chi connectivity index (χ2n) is 2.20. The van der Waals surface area contributed by atoms with Crippen LogP contribution in [-0.2, 0) is 20.8 Å². The van der Waals surface area contributed by atoms with Crippen LogP contribution in [0.5, 0.6) is 0 Å². The number of hydrogen-bond acceptors (Lipinski definition) is 4. The minimum atomic E-state index is -2.50. The molecule has 0 aromatic rings. The van der Waals surface area contributed by atoms with Crippen molar-refractivity contribution < 1.29 is 18.3 Å². The fraction of sp³-hybridized carbons (Fsp3) is 0.500. The number of carbonyl (C=O) groups is 1. The first-order chi connectivity index (χ1) is 5.49. The molecule has 1 N–H and O–H groups in total. The highest BCUT2D eigenvalue weighted by Crippen LogP contribution is 2.01. The molecule has 0 heterocycles. The Morgan fingerprint density at radius 2 is 2.00 bits per heavy atom. The van der Waals surface area contributed by atoms with Crippen LogP contribution >= 0.6 is 0 Å². The van der Waals surface area contributed by atoms with Crippen molar-refractivity contribution in [2.24, 2.45) is 0 Å². The van der Waals surface area contributed by atoms with Crippen LogP contribution < -0.4 is 4.72 Å². The maximum atomic E-state index is 10.9. The Kier molecular flexibility index (Phi) is 4.53. The van der Waals surface area contributed by atoms with Crippen LogP contribution in [0.2, 0.25) is 0 Å². The predicted octanol–water partition coefficient (Wildman–Crippen LogP) is -0.163. The smallest absolute Gasteiger partial charge is 0.354 e. The molecule has 0 bridgehead atoms. The van der Waals surface area contributed by atoms with E-state index in [0.717, 1.165) is 0 Å². The first-order valence-electron chi connectivity index (χ1n) is 3.10. The third kappa shape index (κ3) is 3.49. The van der Waals surface area contributed by atoms with Crippen LogP contribution in [0.4, 0.5) is 0 Å². The van der Waals surface area contributed by atoms with Gasteiger partial charge >= 0.3 is 5.97 Å². The van der Waals surface area contributed by atoms with Crippen molar-refractivity contribution >= 4 is 17.2 Å². The molecule has 0 aromatic heterocycles. The van der Waals surface area contributed by atoms with Gasteiger partial charge in [-0.1, -0.05) is 0 Å². The van der Waals surface area contributed by atoms with Crippen LogP contribution in [0.25, 0.3) is 0 Å². The molecule has 1 atom stereocenters. The number of methoxy groups -OCH3 is 1. The molecule has 12 heavy (non-hydrogen) atoms. The van der Waals surface area contributed by atoms with Gasteiger partial charge in [-0.05, 0) is 19.4 Å². The van der Waals surface area contributed by atoms with Crippen molar-refractivity contribution in [3.05, 3.63) is 11.3 Å². The van der Waals surface area contributed by atoms with E-state index in [1.807, 2.05) is 4.72 Å². The molecule has 6 heteroatoms. The first kappa shape index (κ1) is 11.1. The molecule has 0 fully saturated rings. The summed E-state index contributed by atoms with van der Waals surface area (Å²) in [6.45, 7) is 3.21. The Morgan fingerprint density at radius 1 is 1.50 bits per heavy atom. The molecular formula is C6H10NO4S-. The fourth-order valence-corrected chi connectivity index (χ4v) is 0.987. The van der Waals surface area contributed by atoms with Gasteiger partial charge in [0.15, 0.2) is 0 Å². The summed E-state index contributed by atoms with van der Waals surface area (Å²) in [6, 6.07) is 0. The average Bonchev–Trinajstić information content (AvgIpc) is 1.98. The Hall–Kier alpha value is -0.880. The highest BCUT2D eigenvalue weighted by molar-refractivity contribution is 7.77. The normalized spacial score (nSPS) is 11.7. The maximum absolute atomic E-state index is 10.9. The van der Waals surface area contributed by atoms with Crippen molar-refractivity contribution in [2.75, 3.05) is 7.11 Å². The van der Waals surface area contributed by atoms with Crippen molar-refractivity contribution in [3.8, 4) is 0 Å². The largest absolute Gasteiger partial charge is 0.755 e. The number of carbonyl (C=O) groups excluding carboxylic acids is 1. The van der Waals surface area contributed by atoms with Crippen molar-refractivity contribution in [3.63, 3.8) is 0 Å². The molecule has 0 aliphatic rings. The van der Waals surface area contributed by atoms with E-state index in [2.05, 4.69) is 4.74 Å². The van der Waals surface area contributed by atoms with E-state index in [9.17, 15) is 13.6 Å². The van der Waals surface area contributed by atoms with E-state index in [-0.39, 0.29) is 5.70 Å². The minimum absolute atomic E-state index is 0.0502. The van der Waals surface area contributed by atoms with Gasteiger partial charge < -0.3 is 14.0 Å². The molecule has 0 aliphatic heterocycles. The maximum Gasteiger partial charge on any atom is 0.354 e. The number of hydrogen-bond donors (Lipinski definition) is 1. The summed E-state index contributed by atoms with van der Waals surface area (Å²) in [7, 11) is 1.18. The number of esters is 1. The Labute approximate surface area is 73.2 Å². The van der Waals surface area contributed by atoms with Gasteiger partial charge in [0.05, 0.1) is 7.11 Å². The lowest BCUT2D eigenvalue weighted by Crippen LogP contribution is -2.24. The number of nitrogens with one attached hydrogen (secondary N) is 1. The monoisotopic (exact) mass is 192 g/mol. The molecule has 0 saturated carbocycles. The van der Waals surface area contributed by atoms with E-state index in [1.54, 1.807) is 13.8 Å². The Balaban J connectivity index is 4.58. The number of rotatable bonds is 3. The molecule has 0 spiro atoms. The van der Waals surface area contributed by atoms with E-state index in [4.69, 9.17) is 0 Å². The average molecular weight is 192 g/mol. The fourth-order valence-electron chi connectivity index (χ4n) is 0.533. The molecule has 0 rings (SSSR count). The predicted molar refractivity (Wildman–Crippen MR) is 42.4 cm³/mol. The summed E-state index contributed by atoms with van der Waals surface area (Å²) < 4.78 is 26.7. The lowest BCUT2D eigenvalue weighted by Gasteiger charge is -2.11. The SMILES string of the molecule is COC(=O)C(NS(=O)[O-])=C(C)C. The van der Waals surface area contributed by atoms with Gasteiger partial charge in [-0.15, -0.1) is 0 Å². The van der Waals surface area contributed by atoms with Crippen molar-refractivity contribution in [2.45, 2.75) is 13.8 Å². The third-order valence-corrected chi connectivity index (χ3v) is 1.45. The second-order valence-corrected chi connectivity index (χ2v) is 2.88. The lowest BCUT2D eigenvalue weighted by molar-refractivity contribution is -0.136. The zero-order valence-corrected chi connectivity index (χ0v) is 7.86.